The van der Waals surface area contributed by atoms with Gasteiger partial charge in [0.1, 0.15) is 0 Å². The minimum Gasteiger partial charge on any atom is -0.478 e. The van der Waals surface area contributed by atoms with Crippen LogP contribution in [-0.4, -0.2) is 37.1 Å². The van der Waals surface area contributed by atoms with Crippen LogP contribution in [0.5, 0.6) is 0 Å². The third-order valence-corrected chi connectivity index (χ3v) is 4.14. The Morgan fingerprint density at radius 1 is 1.35 bits per heavy atom. The molecule has 1 aromatic rings. The number of rotatable bonds is 3. The Morgan fingerprint density at radius 2 is 2.00 bits per heavy atom. The molecule has 0 spiro atoms. The van der Waals surface area contributed by atoms with E-state index >= 15 is 0 Å². The molecule has 1 heterocycles. The molecule has 1 fully saturated rings. The van der Waals surface area contributed by atoms with Crippen molar-refractivity contribution in [2.24, 2.45) is 5.92 Å². The quantitative estimate of drug-likeness (QED) is 0.884. The summed E-state index contributed by atoms with van der Waals surface area (Å²) in [4.78, 5) is 25.0. The number of carbonyl (C=O) groups excluding carboxylic acids is 1. The number of nitrogens with one attached hydrogen (secondary N) is 1. The second kappa shape index (κ2) is 6.26. The minimum absolute atomic E-state index is 0.0278. The standard InChI is InChI=1S/C14H17BrN2O3/c1-16-13(18)9-4-6-17(7-5-9)12-3-2-10(15)8-11(12)14(19)20/h2-3,8-9H,4-7H2,1H3,(H,16,18)(H,19,20). The first-order chi connectivity index (χ1) is 9.52. The third kappa shape index (κ3) is 3.12. The largest absolute Gasteiger partial charge is 0.478 e. The van der Waals surface area contributed by atoms with E-state index in [-0.39, 0.29) is 17.4 Å². The SMILES string of the molecule is CNC(=O)C1CCN(c2ccc(Br)cc2C(=O)O)CC1. The van der Waals surface area contributed by atoms with Crippen LogP contribution in [0.3, 0.4) is 0 Å². The highest BCUT2D eigenvalue weighted by molar-refractivity contribution is 9.10. The van der Waals surface area contributed by atoms with Crippen molar-refractivity contribution in [1.82, 2.24) is 5.32 Å². The second-order valence-electron chi connectivity index (χ2n) is 4.84. The highest BCUT2D eigenvalue weighted by Gasteiger charge is 2.26. The van der Waals surface area contributed by atoms with Gasteiger partial charge in [-0.1, -0.05) is 15.9 Å². The van der Waals surface area contributed by atoms with Gasteiger partial charge in [0.2, 0.25) is 5.91 Å². The van der Waals surface area contributed by atoms with Gasteiger partial charge in [-0.15, -0.1) is 0 Å². The number of carbonyl (C=O) groups is 2. The van der Waals surface area contributed by atoms with Gasteiger partial charge in [0, 0.05) is 30.5 Å². The van der Waals surface area contributed by atoms with Gasteiger partial charge < -0.3 is 15.3 Å². The van der Waals surface area contributed by atoms with Crippen LogP contribution in [0.25, 0.3) is 0 Å². The molecular weight excluding hydrogens is 324 g/mol. The number of benzene rings is 1. The summed E-state index contributed by atoms with van der Waals surface area (Å²) in [5.74, 6) is -0.839. The summed E-state index contributed by atoms with van der Waals surface area (Å²) in [7, 11) is 1.64. The van der Waals surface area contributed by atoms with Gasteiger partial charge in [0.25, 0.3) is 0 Å². The zero-order valence-electron chi connectivity index (χ0n) is 11.2. The molecule has 108 valence electrons. The second-order valence-corrected chi connectivity index (χ2v) is 5.76. The fourth-order valence-electron chi connectivity index (χ4n) is 2.54. The van der Waals surface area contributed by atoms with Crippen LogP contribution < -0.4 is 10.2 Å². The van der Waals surface area contributed by atoms with Crippen molar-refractivity contribution >= 4 is 33.5 Å². The van der Waals surface area contributed by atoms with Crippen LogP contribution >= 0.6 is 15.9 Å². The van der Waals surface area contributed by atoms with Crippen molar-refractivity contribution in [1.29, 1.82) is 0 Å². The maximum Gasteiger partial charge on any atom is 0.337 e. The molecule has 0 radical (unpaired) electrons. The molecule has 20 heavy (non-hydrogen) atoms. The number of nitrogens with zero attached hydrogens (tertiary/aromatic N) is 1. The first-order valence-electron chi connectivity index (χ1n) is 6.52. The fraction of sp³-hybridized carbons (Fsp3) is 0.429. The van der Waals surface area contributed by atoms with E-state index in [2.05, 4.69) is 21.2 Å². The molecular formula is C14H17BrN2O3. The number of hydrogen-bond acceptors (Lipinski definition) is 3. The van der Waals surface area contributed by atoms with Crippen LogP contribution in [-0.2, 0) is 4.79 Å². The number of halogens is 1. The number of aromatic carboxylic acids is 1. The number of piperidine rings is 1. The average Bonchev–Trinajstić information content (AvgIpc) is 2.46. The summed E-state index contributed by atoms with van der Waals surface area (Å²) in [6.07, 6.45) is 1.49. The van der Waals surface area contributed by atoms with Crippen LogP contribution in [0.1, 0.15) is 23.2 Å². The molecule has 2 N–H and O–H groups in total. The molecule has 2 rings (SSSR count). The predicted octanol–water partition coefficient (Wildman–Crippen LogP) is 2.11. The average molecular weight is 341 g/mol. The van der Waals surface area contributed by atoms with E-state index in [4.69, 9.17) is 0 Å². The Morgan fingerprint density at radius 3 is 2.55 bits per heavy atom. The molecule has 1 amide bonds. The molecule has 0 atom stereocenters. The summed E-state index contributed by atoms with van der Waals surface area (Å²) in [6.45, 7) is 1.39. The van der Waals surface area contributed by atoms with E-state index in [9.17, 15) is 14.7 Å². The third-order valence-electron chi connectivity index (χ3n) is 3.64. The molecule has 0 bridgehead atoms. The molecule has 1 aromatic carbocycles. The molecule has 6 heteroatoms. The number of anilines is 1. The van der Waals surface area contributed by atoms with Gasteiger partial charge in [0.05, 0.1) is 11.3 Å². The number of hydrogen-bond donors (Lipinski definition) is 2. The first-order valence-corrected chi connectivity index (χ1v) is 7.31. The van der Waals surface area contributed by atoms with Crippen molar-refractivity contribution in [2.75, 3.05) is 25.0 Å². The Hall–Kier alpha value is -1.56. The van der Waals surface area contributed by atoms with Crippen molar-refractivity contribution in [2.45, 2.75) is 12.8 Å². The predicted molar refractivity (Wildman–Crippen MR) is 80.1 cm³/mol. The van der Waals surface area contributed by atoms with Crippen LogP contribution in [0, 0.1) is 5.92 Å². The highest BCUT2D eigenvalue weighted by atomic mass is 79.9. The molecule has 0 unspecified atom stereocenters. The van der Waals surface area contributed by atoms with Gasteiger partial charge in [-0.2, -0.15) is 0 Å². The maximum absolute atomic E-state index is 11.6. The lowest BCUT2D eigenvalue weighted by Crippen LogP contribution is -2.40. The van der Waals surface area contributed by atoms with E-state index in [1.165, 1.54) is 0 Å². The van der Waals surface area contributed by atoms with Crippen molar-refractivity contribution in [3.8, 4) is 0 Å². The van der Waals surface area contributed by atoms with Crippen molar-refractivity contribution in [3.63, 3.8) is 0 Å². The molecule has 1 aliphatic heterocycles. The lowest BCUT2D eigenvalue weighted by molar-refractivity contribution is -0.125. The summed E-state index contributed by atoms with van der Waals surface area (Å²) in [5.41, 5.74) is 1.01. The molecule has 1 aliphatic rings. The van der Waals surface area contributed by atoms with E-state index in [0.717, 1.165) is 23.0 Å². The Labute approximate surface area is 126 Å². The summed E-state index contributed by atoms with van der Waals surface area (Å²) in [5, 5.41) is 12.0. The van der Waals surface area contributed by atoms with Crippen molar-refractivity contribution in [3.05, 3.63) is 28.2 Å². The monoisotopic (exact) mass is 340 g/mol. The zero-order chi connectivity index (χ0) is 14.7. The Kier molecular flexibility index (Phi) is 4.65. The Bertz CT molecular complexity index is 525. The molecule has 0 aromatic heterocycles. The van der Waals surface area contributed by atoms with E-state index in [1.807, 2.05) is 17.0 Å². The summed E-state index contributed by atoms with van der Waals surface area (Å²) in [6, 6.07) is 5.27. The van der Waals surface area contributed by atoms with E-state index in [1.54, 1.807) is 13.1 Å². The first kappa shape index (κ1) is 14.8. The molecule has 0 aliphatic carbocycles. The maximum atomic E-state index is 11.6. The van der Waals surface area contributed by atoms with Gasteiger partial charge in [-0.25, -0.2) is 4.79 Å². The number of carboxylic acid groups (broad SMARTS) is 1. The lowest BCUT2D eigenvalue weighted by atomic mass is 9.95. The van der Waals surface area contributed by atoms with E-state index in [0.29, 0.717) is 13.1 Å². The molecule has 1 saturated heterocycles. The smallest absolute Gasteiger partial charge is 0.337 e. The fourth-order valence-corrected chi connectivity index (χ4v) is 2.90. The highest BCUT2D eigenvalue weighted by Crippen LogP contribution is 2.28. The normalized spacial score (nSPS) is 16.0. The molecule has 0 saturated carbocycles. The van der Waals surface area contributed by atoms with Gasteiger partial charge in [-0.05, 0) is 31.0 Å². The lowest BCUT2D eigenvalue weighted by Gasteiger charge is -2.33. The summed E-state index contributed by atoms with van der Waals surface area (Å²) >= 11 is 3.29. The van der Waals surface area contributed by atoms with E-state index < -0.39 is 5.97 Å². The van der Waals surface area contributed by atoms with Gasteiger partial charge in [0.15, 0.2) is 0 Å². The van der Waals surface area contributed by atoms with Gasteiger partial charge >= 0.3 is 5.97 Å². The van der Waals surface area contributed by atoms with Crippen molar-refractivity contribution < 1.29 is 14.7 Å². The Balaban J connectivity index is 2.15. The topological polar surface area (TPSA) is 69.6 Å². The van der Waals surface area contributed by atoms with Crippen LogP contribution in [0.15, 0.2) is 22.7 Å². The number of amides is 1. The van der Waals surface area contributed by atoms with Gasteiger partial charge in [-0.3, -0.25) is 4.79 Å². The zero-order valence-corrected chi connectivity index (χ0v) is 12.8. The van der Waals surface area contributed by atoms with Crippen LogP contribution in [0.4, 0.5) is 5.69 Å². The van der Waals surface area contributed by atoms with Crippen LogP contribution in [0.2, 0.25) is 0 Å². The molecule has 5 nitrogen and oxygen atoms in total. The summed E-state index contributed by atoms with van der Waals surface area (Å²) < 4.78 is 0.749. The minimum atomic E-state index is -0.935. The number of carboxylic acids is 1.